The van der Waals surface area contributed by atoms with Crippen LogP contribution in [0.25, 0.3) is 0 Å². The maximum atomic E-state index is 13.7. The fourth-order valence-electron chi connectivity index (χ4n) is 6.35. The first-order valence-electron chi connectivity index (χ1n) is 12.6. The van der Waals surface area contributed by atoms with Crippen molar-refractivity contribution in [2.24, 2.45) is 17.6 Å². The number of hydrogen-bond acceptors (Lipinski definition) is 9. The van der Waals surface area contributed by atoms with Gasteiger partial charge in [-0.2, -0.15) is 0 Å². The van der Waals surface area contributed by atoms with E-state index in [0.717, 1.165) is 6.54 Å². The van der Waals surface area contributed by atoms with E-state index in [1.54, 1.807) is 14.1 Å². The summed E-state index contributed by atoms with van der Waals surface area (Å²) in [6, 6.07) is 0.610. The number of phenols is 1. The Morgan fingerprint density at radius 1 is 1.24 bits per heavy atom. The Hall–Kier alpha value is -2.92. The van der Waals surface area contributed by atoms with Crippen molar-refractivity contribution in [3.63, 3.8) is 0 Å². The van der Waals surface area contributed by atoms with Gasteiger partial charge in [-0.05, 0) is 70.4 Å². The molecular weight excluding hydrogens is 514 g/mol. The van der Waals surface area contributed by atoms with Crippen LogP contribution in [0.15, 0.2) is 28.7 Å². The average molecular weight is 548 g/mol. The lowest BCUT2D eigenvalue weighted by Gasteiger charge is -2.50. The molecule has 0 radical (unpaired) electrons. The van der Waals surface area contributed by atoms with Crippen LogP contribution >= 0.6 is 11.6 Å². The van der Waals surface area contributed by atoms with Gasteiger partial charge in [0, 0.05) is 29.1 Å². The van der Waals surface area contributed by atoms with Crippen LogP contribution in [0.5, 0.6) is 5.75 Å². The van der Waals surface area contributed by atoms with Gasteiger partial charge in [0.05, 0.1) is 11.6 Å². The first-order chi connectivity index (χ1) is 17.7. The Bertz CT molecular complexity index is 1300. The maximum absolute atomic E-state index is 13.7. The molecule has 0 saturated heterocycles. The number of aliphatic hydroxyl groups excluding tert-OH is 2. The highest BCUT2D eigenvalue weighted by Crippen LogP contribution is 2.53. The fraction of sp³-hybridized carbons (Fsp3) is 0.519. The predicted molar refractivity (Wildman–Crippen MR) is 140 cm³/mol. The van der Waals surface area contributed by atoms with E-state index in [1.165, 1.54) is 11.0 Å². The molecule has 0 heterocycles. The van der Waals surface area contributed by atoms with E-state index >= 15 is 0 Å². The molecule has 0 saturated carbocycles. The number of ketones is 2. The first kappa shape index (κ1) is 28.1. The number of nitrogens with zero attached hydrogens (tertiary/aromatic N) is 2. The minimum Gasteiger partial charge on any atom is -0.510 e. The minimum atomic E-state index is -2.66. The number of likely N-dealkylation sites (N-methyl/N-ethyl adjacent to an activating group) is 1. The largest absolute Gasteiger partial charge is 0.510 e. The number of allylic oxidation sites excluding steroid dienone is 1. The van der Waals surface area contributed by atoms with Crippen LogP contribution in [0, 0.1) is 11.8 Å². The number of amides is 1. The molecule has 0 spiro atoms. The molecule has 0 fully saturated rings. The molecule has 4 atom stereocenters. The van der Waals surface area contributed by atoms with Crippen molar-refractivity contribution in [3.05, 3.63) is 50.4 Å². The molecule has 206 valence electrons. The van der Waals surface area contributed by atoms with Gasteiger partial charge in [0.1, 0.15) is 22.8 Å². The van der Waals surface area contributed by atoms with Gasteiger partial charge in [-0.1, -0.05) is 18.5 Å². The van der Waals surface area contributed by atoms with Crippen molar-refractivity contribution < 1.29 is 34.8 Å². The zero-order valence-corrected chi connectivity index (χ0v) is 22.8. The summed E-state index contributed by atoms with van der Waals surface area (Å²) in [5, 5.41) is 45.1. The smallest absolute Gasteiger partial charge is 0.255 e. The van der Waals surface area contributed by atoms with Crippen LogP contribution in [0.1, 0.15) is 48.7 Å². The van der Waals surface area contributed by atoms with Gasteiger partial charge in [-0.25, -0.2) is 0 Å². The zero-order valence-electron chi connectivity index (χ0n) is 22.1. The summed E-state index contributed by atoms with van der Waals surface area (Å²) in [7, 11) is 3.17. The van der Waals surface area contributed by atoms with Crippen molar-refractivity contribution in [3.8, 4) is 5.75 Å². The Labute approximate surface area is 226 Å². The molecule has 0 unspecified atom stereocenters. The Morgan fingerprint density at radius 3 is 2.39 bits per heavy atom. The van der Waals surface area contributed by atoms with Gasteiger partial charge in [-0.3, -0.25) is 24.2 Å². The van der Waals surface area contributed by atoms with E-state index < -0.39 is 58.0 Å². The Morgan fingerprint density at radius 2 is 1.87 bits per heavy atom. The third-order valence-electron chi connectivity index (χ3n) is 8.24. The third kappa shape index (κ3) is 3.93. The van der Waals surface area contributed by atoms with Crippen LogP contribution in [-0.4, -0.2) is 86.0 Å². The lowest BCUT2D eigenvalue weighted by atomic mass is 9.58. The monoisotopic (exact) mass is 547 g/mol. The van der Waals surface area contributed by atoms with Crippen LogP contribution in [0.4, 0.5) is 0 Å². The van der Waals surface area contributed by atoms with Crippen LogP contribution in [-0.2, 0) is 22.6 Å². The number of rotatable bonds is 6. The van der Waals surface area contributed by atoms with Crippen LogP contribution in [0.2, 0.25) is 5.02 Å². The quantitative estimate of drug-likeness (QED) is 0.335. The SMILES string of the molecule is CCN(Cc1cc(O)c2c(c1Cl)C[C@H]1C[C@H]3[C@H](N(C)C)C(O)=C(C(N)=O)C(=O)[C@@]3(O)C(O)=C1C2=O)C(C)C. The summed E-state index contributed by atoms with van der Waals surface area (Å²) in [6.45, 7) is 7.30. The van der Waals surface area contributed by atoms with Crippen LogP contribution < -0.4 is 5.73 Å². The molecule has 1 aromatic rings. The van der Waals surface area contributed by atoms with E-state index in [9.17, 15) is 34.8 Å². The van der Waals surface area contributed by atoms with E-state index in [-0.39, 0.29) is 35.8 Å². The third-order valence-corrected chi connectivity index (χ3v) is 8.71. The van der Waals surface area contributed by atoms with Gasteiger partial charge < -0.3 is 26.2 Å². The highest BCUT2D eigenvalue weighted by Gasteiger charge is 2.63. The molecule has 0 bridgehead atoms. The first-order valence-corrected chi connectivity index (χ1v) is 13.0. The number of primary amides is 1. The Balaban J connectivity index is 1.89. The van der Waals surface area contributed by atoms with Gasteiger partial charge in [0.15, 0.2) is 11.4 Å². The molecule has 4 rings (SSSR count). The molecule has 6 N–H and O–H groups in total. The number of Topliss-reactive ketones (excluding diaryl/α,β-unsaturated/α-hetero) is 2. The van der Waals surface area contributed by atoms with Crippen molar-refractivity contribution in [2.45, 2.75) is 57.8 Å². The highest BCUT2D eigenvalue weighted by molar-refractivity contribution is 6.33. The molecule has 3 aliphatic carbocycles. The number of aromatic hydroxyl groups is 1. The lowest BCUT2D eigenvalue weighted by Crippen LogP contribution is -2.63. The fourth-order valence-corrected chi connectivity index (χ4v) is 6.63. The van der Waals surface area contributed by atoms with Crippen molar-refractivity contribution in [1.29, 1.82) is 0 Å². The summed E-state index contributed by atoms with van der Waals surface area (Å²) < 4.78 is 0. The number of carbonyl (C=O) groups is 3. The van der Waals surface area contributed by atoms with E-state index in [2.05, 4.69) is 4.90 Å². The summed E-state index contributed by atoms with van der Waals surface area (Å²) in [5.74, 6) is -6.84. The second-order valence-corrected chi connectivity index (χ2v) is 11.2. The second-order valence-electron chi connectivity index (χ2n) is 10.8. The molecule has 10 nitrogen and oxygen atoms in total. The molecule has 0 aromatic heterocycles. The molecule has 1 aromatic carbocycles. The standard InChI is InChI=1S/C27H34ClN3O7/c1-6-31(11(2)3)10-13-9-16(32)18-14(20(13)28)7-12-8-15-21(30(4)5)23(34)19(26(29)37)25(36)27(15,38)24(35)17(12)22(18)33/h9,11-12,15,21,32,34-35,38H,6-8,10H2,1-5H3,(H2,29,37)/t12-,15-,21-,27-/m0/s1. The zero-order chi connectivity index (χ0) is 28.4. The van der Waals surface area contributed by atoms with Crippen LogP contribution in [0.3, 0.4) is 0 Å². The number of benzene rings is 1. The Kier molecular flexibility index (Phi) is 7.15. The predicted octanol–water partition coefficient (Wildman–Crippen LogP) is 2.00. The highest BCUT2D eigenvalue weighted by atomic mass is 35.5. The maximum Gasteiger partial charge on any atom is 0.255 e. The number of fused-ring (bicyclic) bond motifs is 3. The van der Waals surface area contributed by atoms with Gasteiger partial charge >= 0.3 is 0 Å². The summed E-state index contributed by atoms with van der Waals surface area (Å²) in [4.78, 5) is 42.8. The van der Waals surface area contributed by atoms with Crippen molar-refractivity contribution in [1.82, 2.24) is 9.80 Å². The molecule has 1 amide bonds. The normalized spacial score (nSPS) is 27.3. The van der Waals surface area contributed by atoms with Gasteiger partial charge in [-0.15, -0.1) is 0 Å². The molecular formula is C27H34ClN3O7. The number of aliphatic hydroxyl groups is 3. The minimum absolute atomic E-state index is 0.0140. The van der Waals surface area contributed by atoms with Crippen molar-refractivity contribution >= 4 is 29.1 Å². The number of nitrogens with two attached hydrogens (primary N) is 1. The summed E-state index contributed by atoms with van der Waals surface area (Å²) in [5.41, 5.74) is 2.64. The average Bonchev–Trinajstić information content (AvgIpc) is 2.81. The molecule has 38 heavy (non-hydrogen) atoms. The topological polar surface area (TPSA) is 165 Å². The number of hydrogen-bond donors (Lipinski definition) is 5. The summed E-state index contributed by atoms with van der Waals surface area (Å²) in [6.07, 6.45) is 0.169. The summed E-state index contributed by atoms with van der Waals surface area (Å²) >= 11 is 6.80. The van der Waals surface area contributed by atoms with Gasteiger partial charge in [0.25, 0.3) is 5.91 Å². The molecule has 11 heteroatoms. The van der Waals surface area contributed by atoms with Crippen molar-refractivity contribution in [2.75, 3.05) is 20.6 Å². The van der Waals surface area contributed by atoms with E-state index in [4.69, 9.17) is 17.3 Å². The number of phenolic OH excluding ortho intramolecular Hbond substituents is 1. The van der Waals surface area contributed by atoms with Gasteiger partial charge in [0.2, 0.25) is 5.78 Å². The second kappa shape index (κ2) is 9.68. The number of halogens is 1. The lowest BCUT2D eigenvalue weighted by molar-refractivity contribution is -0.148. The van der Waals surface area contributed by atoms with E-state index in [1.807, 2.05) is 20.8 Å². The molecule has 0 aliphatic heterocycles. The molecule has 3 aliphatic rings. The van der Waals surface area contributed by atoms with E-state index in [0.29, 0.717) is 22.7 Å². The number of carbonyl (C=O) groups excluding carboxylic acids is 3.